The quantitative estimate of drug-likeness (QED) is 0.758. The van der Waals surface area contributed by atoms with Gasteiger partial charge in [0.1, 0.15) is 17.5 Å². The molecule has 1 fully saturated rings. The molecule has 2 atom stereocenters. The summed E-state index contributed by atoms with van der Waals surface area (Å²) in [6.45, 7) is 2.09. The topological polar surface area (TPSA) is 84.1 Å². The highest BCUT2D eigenvalue weighted by Gasteiger charge is 2.23. The number of rotatable bonds is 4. The Balaban J connectivity index is 2.07. The highest BCUT2D eigenvalue weighted by atomic mass is 16.3. The Morgan fingerprint density at radius 2 is 2.17 bits per heavy atom. The predicted octanol–water partition coefficient (Wildman–Crippen LogP) is 1.73. The molecule has 5 nitrogen and oxygen atoms in total. The molecule has 100 valence electrons. The second-order valence-electron chi connectivity index (χ2n) is 4.95. The maximum atomic E-state index is 9.94. The summed E-state index contributed by atoms with van der Waals surface area (Å²) >= 11 is 0. The number of hydrogen-bond donors (Lipinski definition) is 3. The van der Waals surface area contributed by atoms with Gasteiger partial charge in [-0.2, -0.15) is 0 Å². The third-order valence-corrected chi connectivity index (χ3v) is 3.33. The molecule has 1 heterocycles. The van der Waals surface area contributed by atoms with Crippen molar-refractivity contribution in [2.75, 3.05) is 11.1 Å². The van der Waals surface area contributed by atoms with Crippen LogP contribution in [0.1, 0.15) is 44.9 Å². The van der Waals surface area contributed by atoms with Crippen molar-refractivity contribution in [3.05, 3.63) is 11.9 Å². The number of nitrogens with zero attached hydrogens (tertiary/aromatic N) is 2. The van der Waals surface area contributed by atoms with Gasteiger partial charge in [0, 0.05) is 12.5 Å². The van der Waals surface area contributed by atoms with Gasteiger partial charge in [0.15, 0.2) is 0 Å². The molecule has 1 aliphatic carbocycles. The van der Waals surface area contributed by atoms with E-state index >= 15 is 0 Å². The van der Waals surface area contributed by atoms with Crippen molar-refractivity contribution in [2.24, 2.45) is 0 Å². The summed E-state index contributed by atoms with van der Waals surface area (Å²) in [6, 6.07) is 1.82. The summed E-state index contributed by atoms with van der Waals surface area (Å²) in [4.78, 5) is 8.64. The molecular formula is C13H22N4O. The molecular weight excluding hydrogens is 228 g/mol. The summed E-state index contributed by atoms with van der Waals surface area (Å²) in [7, 11) is 0. The molecule has 0 saturated heterocycles. The van der Waals surface area contributed by atoms with Crippen LogP contribution in [0.2, 0.25) is 0 Å². The fourth-order valence-electron chi connectivity index (χ4n) is 2.40. The molecule has 0 spiro atoms. The van der Waals surface area contributed by atoms with E-state index in [9.17, 15) is 5.11 Å². The van der Waals surface area contributed by atoms with Crippen LogP contribution >= 0.6 is 0 Å². The summed E-state index contributed by atoms with van der Waals surface area (Å²) in [5.74, 6) is 1.99. The van der Waals surface area contributed by atoms with E-state index in [0.717, 1.165) is 50.2 Å². The largest absolute Gasteiger partial charge is 0.391 e. The maximum absolute atomic E-state index is 9.94. The van der Waals surface area contributed by atoms with Crippen LogP contribution in [0.4, 0.5) is 11.6 Å². The van der Waals surface area contributed by atoms with Crippen molar-refractivity contribution in [3.63, 3.8) is 0 Å². The van der Waals surface area contributed by atoms with Gasteiger partial charge >= 0.3 is 0 Å². The Labute approximate surface area is 108 Å². The van der Waals surface area contributed by atoms with Crippen molar-refractivity contribution in [2.45, 2.75) is 57.6 Å². The van der Waals surface area contributed by atoms with Gasteiger partial charge in [-0.3, -0.25) is 0 Å². The Bertz CT molecular complexity index is 397. The van der Waals surface area contributed by atoms with Crippen molar-refractivity contribution in [3.8, 4) is 0 Å². The number of aliphatic hydroxyl groups is 1. The predicted molar refractivity (Wildman–Crippen MR) is 72.3 cm³/mol. The van der Waals surface area contributed by atoms with Gasteiger partial charge in [0.25, 0.3) is 0 Å². The van der Waals surface area contributed by atoms with Gasteiger partial charge in [-0.1, -0.05) is 19.8 Å². The number of nitrogens with one attached hydrogen (secondary N) is 1. The van der Waals surface area contributed by atoms with Crippen LogP contribution in [0.3, 0.4) is 0 Å². The van der Waals surface area contributed by atoms with Crippen molar-refractivity contribution in [1.29, 1.82) is 0 Å². The van der Waals surface area contributed by atoms with E-state index in [0.29, 0.717) is 5.82 Å². The van der Waals surface area contributed by atoms with Crippen LogP contribution in [-0.4, -0.2) is 27.2 Å². The molecule has 1 aromatic rings. The number of aryl methyl sites for hydroxylation is 1. The lowest BCUT2D eigenvalue weighted by atomic mass is 9.92. The fourth-order valence-corrected chi connectivity index (χ4v) is 2.40. The van der Waals surface area contributed by atoms with E-state index in [4.69, 9.17) is 5.73 Å². The zero-order chi connectivity index (χ0) is 13.0. The molecule has 1 saturated carbocycles. The van der Waals surface area contributed by atoms with E-state index < -0.39 is 0 Å². The lowest BCUT2D eigenvalue weighted by Crippen LogP contribution is -2.36. The Morgan fingerprint density at radius 1 is 1.39 bits per heavy atom. The summed E-state index contributed by atoms with van der Waals surface area (Å²) in [5, 5.41) is 13.2. The molecule has 2 unspecified atom stereocenters. The highest BCUT2D eigenvalue weighted by molar-refractivity contribution is 5.45. The van der Waals surface area contributed by atoms with E-state index in [-0.39, 0.29) is 12.1 Å². The Kier molecular flexibility index (Phi) is 4.36. The standard InChI is InChI=1S/C13H22N4O/c1-2-5-12-16-11(14)8-13(17-12)15-9-6-3-4-7-10(9)18/h8-10,18H,2-7H2,1H3,(H3,14,15,16,17). The first-order valence-corrected chi connectivity index (χ1v) is 6.77. The van der Waals surface area contributed by atoms with Crippen LogP contribution in [0.15, 0.2) is 6.07 Å². The SMILES string of the molecule is CCCc1nc(N)cc(NC2CCCCC2O)n1. The van der Waals surface area contributed by atoms with Crippen LogP contribution in [0.5, 0.6) is 0 Å². The third kappa shape index (κ3) is 3.32. The number of nitrogen functional groups attached to an aromatic ring is 1. The minimum absolute atomic E-state index is 0.0857. The molecule has 0 amide bonds. The van der Waals surface area contributed by atoms with Gasteiger partial charge in [-0.15, -0.1) is 0 Å². The first kappa shape index (κ1) is 13.1. The minimum Gasteiger partial charge on any atom is -0.391 e. The molecule has 5 heteroatoms. The van der Waals surface area contributed by atoms with Crippen molar-refractivity contribution in [1.82, 2.24) is 9.97 Å². The van der Waals surface area contributed by atoms with Gasteiger partial charge in [0.2, 0.25) is 0 Å². The molecule has 0 radical (unpaired) electrons. The van der Waals surface area contributed by atoms with Gasteiger partial charge < -0.3 is 16.2 Å². The fraction of sp³-hybridized carbons (Fsp3) is 0.692. The zero-order valence-corrected chi connectivity index (χ0v) is 10.9. The second kappa shape index (κ2) is 6.00. The van der Waals surface area contributed by atoms with Gasteiger partial charge in [-0.25, -0.2) is 9.97 Å². The Hall–Kier alpha value is -1.36. The first-order valence-electron chi connectivity index (χ1n) is 6.77. The molecule has 1 aliphatic rings. The van der Waals surface area contributed by atoms with E-state index in [1.54, 1.807) is 6.07 Å². The molecule has 0 bridgehead atoms. The van der Waals surface area contributed by atoms with Crippen LogP contribution in [-0.2, 0) is 6.42 Å². The van der Waals surface area contributed by atoms with E-state index in [2.05, 4.69) is 22.2 Å². The smallest absolute Gasteiger partial charge is 0.133 e. The average Bonchev–Trinajstić information content (AvgIpc) is 2.32. The number of anilines is 2. The average molecular weight is 250 g/mol. The maximum Gasteiger partial charge on any atom is 0.133 e. The summed E-state index contributed by atoms with van der Waals surface area (Å²) < 4.78 is 0. The molecule has 4 N–H and O–H groups in total. The number of nitrogens with two attached hydrogens (primary N) is 1. The zero-order valence-electron chi connectivity index (χ0n) is 10.9. The Morgan fingerprint density at radius 3 is 2.89 bits per heavy atom. The third-order valence-electron chi connectivity index (χ3n) is 3.33. The normalized spacial score (nSPS) is 23.9. The molecule has 2 rings (SSSR count). The van der Waals surface area contributed by atoms with Crippen molar-refractivity contribution >= 4 is 11.6 Å². The second-order valence-corrected chi connectivity index (χ2v) is 4.95. The molecule has 0 aromatic carbocycles. The van der Waals surface area contributed by atoms with Crippen molar-refractivity contribution < 1.29 is 5.11 Å². The first-order chi connectivity index (χ1) is 8.69. The number of hydrogen-bond acceptors (Lipinski definition) is 5. The molecule has 1 aromatic heterocycles. The van der Waals surface area contributed by atoms with Crippen LogP contribution < -0.4 is 11.1 Å². The molecule has 0 aliphatic heterocycles. The lowest BCUT2D eigenvalue weighted by Gasteiger charge is -2.28. The number of aliphatic hydroxyl groups excluding tert-OH is 1. The summed E-state index contributed by atoms with van der Waals surface area (Å²) in [5.41, 5.74) is 5.78. The monoisotopic (exact) mass is 250 g/mol. The molecule has 18 heavy (non-hydrogen) atoms. The summed E-state index contributed by atoms with van der Waals surface area (Å²) in [6.07, 6.45) is 5.63. The minimum atomic E-state index is -0.287. The number of aromatic nitrogens is 2. The van der Waals surface area contributed by atoms with Crippen LogP contribution in [0.25, 0.3) is 0 Å². The van der Waals surface area contributed by atoms with Crippen LogP contribution in [0, 0.1) is 0 Å². The highest BCUT2D eigenvalue weighted by Crippen LogP contribution is 2.22. The van der Waals surface area contributed by atoms with Gasteiger partial charge in [0.05, 0.1) is 12.1 Å². The van der Waals surface area contributed by atoms with Gasteiger partial charge in [-0.05, 0) is 19.3 Å². The lowest BCUT2D eigenvalue weighted by molar-refractivity contribution is 0.116. The van der Waals surface area contributed by atoms with E-state index in [1.165, 1.54) is 0 Å². The van der Waals surface area contributed by atoms with E-state index in [1.807, 2.05) is 0 Å².